The van der Waals surface area contributed by atoms with E-state index in [-0.39, 0.29) is 11.5 Å². The number of hydrogen-bond acceptors (Lipinski definition) is 4. The van der Waals surface area contributed by atoms with Crippen LogP contribution in [0.4, 0.5) is 0 Å². The third kappa shape index (κ3) is 4.06. The third-order valence-corrected chi connectivity index (χ3v) is 4.21. The first kappa shape index (κ1) is 15.1. The van der Waals surface area contributed by atoms with Crippen molar-refractivity contribution >= 4 is 10.0 Å². The summed E-state index contributed by atoms with van der Waals surface area (Å²) in [6.45, 7) is 5.53. The van der Waals surface area contributed by atoms with Crippen molar-refractivity contribution in [3.63, 3.8) is 0 Å². The summed E-state index contributed by atoms with van der Waals surface area (Å²) in [5.74, 6) is 4.98. The van der Waals surface area contributed by atoms with Crippen molar-refractivity contribution in [2.45, 2.75) is 37.6 Å². The number of aryl methyl sites for hydroxylation is 1. The van der Waals surface area contributed by atoms with Gasteiger partial charge in [0.25, 0.3) is 0 Å². The van der Waals surface area contributed by atoms with E-state index in [4.69, 9.17) is 5.90 Å². The number of benzene rings is 1. The fraction of sp³-hybridized carbons (Fsp3) is 0.500. The molecule has 0 saturated heterocycles. The van der Waals surface area contributed by atoms with E-state index < -0.39 is 15.6 Å². The SMILES string of the molecule is CCc1ccc(S(=O)(=O)NC(C)(C)CON)cc1. The lowest BCUT2D eigenvalue weighted by Gasteiger charge is -2.24. The topological polar surface area (TPSA) is 81.4 Å². The van der Waals surface area contributed by atoms with Crippen molar-refractivity contribution in [3.05, 3.63) is 29.8 Å². The molecule has 0 amide bonds. The Bertz CT molecular complexity index is 481. The zero-order chi connectivity index (χ0) is 13.8. The minimum Gasteiger partial charge on any atom is -0.303 e. The Hall–Kier alpha value is -0.950. The Balaban J connectivity index is 2.92. The lowest BCUT2D eigenvalue weighted by Crippen LogP contribution is -2.47. The number of nitrogens with one attached hydrogen (secondary N) is 1. The van der Waals surface area contributed by atoms with Gasteiger partial charge in [0.2, 0.25) is 10.0 Å². The van der Waals surface area contributed by atoms with Gasteiger partial charge in [-0.1, -0.05) is 19.1 Å². The molecule has 0 fully saturated rings. The fourth-order valence-electron chi connectivity index (χ4n) is 1.56. The van der Waals surface area contributed by atoms with Crippen LogP contribution in [0.25, 0.3) is 0 Å². The van der Waals surface area contributed by atoms with Gasteiger partial charge in [0.15, 0.2) is 0 Å². The Morgan fingerprint density at radius 1 is 1.28 bits per heavy atom. The maximum Gasteiger partial charge on any atom is 0.241 e. The molecule has 0 aliphatic carbocycles. The normalized spacial score (nSPS) is 12.7. The third-order valence-electron chi connectivity index (χ3n) is 2.50. The summed E-state index contributed by atoms with van der Waals surface area (Å²) < 4.78 is 26.8. The largest absolute Gasteiger partial charge is 0.303 e. The summed E-state index contributed by atoms with van der Waals surface area (Å²) in [5, 5.41) is 0. The highest BCUT2D eigenvalue weighted by atomic mass is 32.2. The molecule has 0 aliphatic rings. The van der Waals surface area contributed by atoms with Crippen LogP contribution in [0.3, 0.4) is 0 Å². The van der Waals surface area contributed by atoms with Crippen LogP contribution in [0.15, 0.2) is 29.2 Å². The highest BCUT2D eigenvalue weighted by molar-refractivity contribution is 7.89. The van der Waals surface area contributed by atoms with Gasteiger partial charge in [-0.05, 0) is 38.0 Å². The first-order valence-corrected chi connectivity index (χ1v) is 7.23. The van der Waals surface area contributed by atoms with Gasteiger partial charge < -0.3 is 4.84 Å². The lowest BCUT2D eigenvalue weighted by molar-refractivity contribution is 0.0929. The Morgan fingerprint density at radius 3 is 2.28 bits per heavy atom. The lowest BCUT2D eigenvalue weighted by atomic mass is 10.1. The highest BCUT2D eigenvalue weighted by Crippen LogP contribution is 2.14. The second-order valence-electron chi connectivity index (χ2n) is 4.80. The van der Waals surface area contributed by atoms with Crippen LogP contribution in [0.1, 0.15) is 26.3 Å². The van der Waals surface area contributed by atoms with Crippen molar-refractivity contribution in [2.24, 2.45) is 5.90 Å². The molecule has 1 aromatic carbocycles. The van der Waals surface area contributed by atoms with Gasteiger partial charge in [0.05, 0.1) is 17.0 Å². The average Bonchev–Trinajstić information content (AvgIpc) is 2.27. The number of sulfonamides is 1. The Labute approximate surface area is 108 Å². The number of rotatable bonds is 6. The maximum atomic E-state index is 12.1. The molecule has 0 aliphatic heterocycles. The van der Waals surface area contributed by atoms with Crippen LogP contribution < -0.4 is 10.6 Å². The van der Waals surface area contributed by atoms with Gasteiger partial charge >= 0.3 is 0 Å². The van der Waals surface area contributed by atoms with E-state index in [0.717, 1.165) is 12.0 Å². The van der Waals surface area contributed by atoms with E-state index >= 15 is 0 Å². The molecule has 3 N–H and O–H groups in total. The van der Waals surface area contributed by atoms with Crippen LogP contribution in [-0.4, -0.2) is 20.6 Å². The molecule has 0 spiro atoms. The molecule has 1 aromatic rings. The predicted molar refractivity (Wildman–Crippen MR) is 70.4 cm³/mol. The smallest absolute Gasteiger partial charge is 0.241 e. The van der Waals surface area contributed by atoms with Crippen LogP contribution in [0.5, 0.6) is 0 Å². The zero-order valence-corrected chi connectivity index (χ0v) is 11.8. The van der Waals surface area contributed by atoms with E-state index in [9.17, 15) is 8.42 Å². The predicted octanol–water partition coefficient (Wildman–Crippen LogP) is 1.20. The van der Waals surface area contributed by atoms with Gasteiger partial charge in [-0.3, -0.25) is 0 Å². The molecule has 1 rings (SSSR count). The molecule has 0 heterocycles. The number of hydrogen-bond donors (Lipinski definition) is 2. The van der Waals surface area contributed by atoms with E-state index in [1.807, 2.05) is 6.92 Å². The summed E-state index contributed by atoms with van der Waals surface area (Å²) in [6.07, 6.45) is 0.875. The molecule has 0 unspecified atom stereocenters. The van der Waals surface area contributed by atoms with Crippen molar-refractivity contribution < 1.29 is 13.3 Å². The molecule has 0 aromatic heterocycles. The summed E-state index contributed by atoms with van der Waals surface area (Å²) in [4.78, 5) is 4.74. The first-order chi connectivity index (χ1) is 8.30. The first-order valence-electron chi connectivity index (χ1n) is 5.75. The van der Waals surface area contributed by atoms with Gasteiger partial charge in [-0.25, -0.2) is 19.0 Å². The molecular formula is C12H20N2O3S. The molecule has 5 nitrogen and oxygen atoms in total. The summed E-state index contributed by atoms with van der Waals surface area (Å²) >= 11 is 0. The maximum absolute atomic E-state index is 12.1. The van der Waals surface area contributed by atoms with E-state index in [0.29, 0.717) is 0 Å². The standard InChI is InChI=1S/C12H20N2O3S/c1-4-10-5-7-11(8-6-10)18(15,16)14-12(2,3)9-17-13/h5-8,14H,4,9,13H2,1-3H3. The zero-order valence-electron chi connectivity index (χ0n) is 10.9. The van der Waals surface area contributed by atoms with Crippen LogP contribution in [0.2, 0.25) is 0 Å². The average molecular weight is 272 g/mol. The molecule has 0 radical (unpaired) electrons. The van der Waals surface area contributed by atoms with Gasteiger partial charge in [0.1, 0.15) is 0 Å². The Kier molecular flexibility index (Phi) is 4.86. The molecule has 102 valence electrons. The van der Waals surface area contributed by atoms with Crippen LogP contribution in [-0.2, 0) is 21.3 Å². The molecule has 18 heavy (non-hydrogen) atoms. The molecule has 0 atom stereocenters. The van der Waals surface area contributed by atoms with E-state index in [1.54, 1.807) is 38.1 Å². The quantitative estimate of drug-likeness (QED) is 0.762. The molecule has 0 saturated carbocycles. The second-order valence-corrected chi connectivity index (χ2v) is 6.48. The van der Waals surface area contributed by atoms with Gasteiger partial charge in [-0.15, -0.1) is 0 Å². The monoisotopic (exact) mass is 272 g/mol. The molecule has 0 bridgehead atoms. The van der Waals surface area contributed by atoms with E-state index in [2.05, 4.69) is 9.56 Å². The second kappa shape index (κ2) is 5.79. The van der Waals surface area contributed by atoms with E-state index in [1.165, 1.54) is 0 Å². The minimum absolute atomic E-state index is 0.0965. The van der Waals surface area contributed by atoms with Crippen LogP contribution in [0, 0.1) is 0 Å². The summed E-state index contributed by atoms with van der Waals surface area (Å²) in [5.41, 5.74) is 0.343. The highest BCUT2D eigenvalue weighted by Gasteiger charge is 2.26. The minimum atomic E-state index is -3.55. The van der Waals surface area contributed by atoms with Crippen molar-refractivity contribution in [2.75, 3.05) is 6.61 Å². The van der Waals surface area contributed by atoms with Crippen molar-refractivity contribution in [1.82, 2.24) is 4.72 Å². The summed E-state index contributed by atoms with van der Waals surface area (Å²) in [6, 6.07) is 6.81. The Morgan fingerprint density at radius 2 is 1.83 bits per heavy atom. The van der Waals surface area contributed by atoms with Gasteiger partial charge in [0, 0.05) is 0 Å². The fourth-order valence-corrected chi connectivity index (χ4v) is 2.96. The van der Waals surface area contributed by atoms with Crippen molar-refractivity contribution in [1.29, 1.82) is 0 Å². The number of nitrogens with two attached hydrogens (primary N) is 1. The molecular weight excluding hydrogens is 252 g/mol. The van der Waals surface area contributed by atoms with Crippen molar-refractivity contribution in [3.8, 4) is 0 Å². The van der Waals surface area contributed by atoms with Gasteiger partial charge in [-0.2, -0.15) is 0 Å². The van der Waals surface area contributed by atoms with Crippen LogP contribution >= 0.6 is 0 Å². The summed E-state index contributed by atoms with van der Waals surface area (Å²) in [7, 11) is -3.55. The molecule has 6 heteroatoms.